The maximum absolute atomic E-state index is 13.5. The van der Waals surface area contributed by atoms with Crippen molar-refractivity contribution in [3.8, 4) is 5.75 Å². The van der Waals surface area contributed by atoms with Crippen LogP contribution in [-0.4, -0.2) is 42.7 Å². The van der Waals surface area contributed by atoms with Crippen LogP contribution in [0.25, 0.3) is 6.08 Å². The second kappa shape index (κ2) is 18.1. The van der Waals surface area contributed by atoms with Gasteiger partial charge in [-0.25, -0.2) is 4.79 Å². The monoisotopic (exact) mass is 665 g/mol. The number of ether oxygens (including phenoxy) is 2. The smallest absolute Gasteiger partial charge is 0.338 e. The average Bonchev–Trinajstić information content (AvgIpc) is 3.11. The van der Waals surface area contributed by atoms with Gasteiger partial charge in [-0.1, -0.05) is 56.7 Å². The van der Waals surface area contributed by atoms with Crippen molar-refractivity contribution in [2.45, 2.75) is 43.3 Å². The Hall–Kier alpha value is -5.35. The summed E-state index contributed by atoms with van der Waals surface area (Å²) < 4.78 is 10.5. The number of carbonyl (C=O) groups excluding carboxylic acids is 4. The number of unbranched alkanes of at least 4 members (excludes halogenated alkanes) is 1. The van der Waals surface area contributed by atoms with E-state index in [1.807, 2.05) is 26.0 Å². The number of benzene rings is 4. The van der Waals surface area contributed by atoms with Gasteiger partial charge in [-0.05, 0) is 91.2 Å². The van der Waals surface area contributed by atoms with E-state index in [9.17, 15) is 19.2 Å². The van der Waals surface area contributed by atoms with Crippen molar-refractivity contribution in [3.63, 3.8) is 0 Å². The first-order valence-electron chi connectivity index (χ1n) is 15.7. The van der Waals surface area contributed by atoms with Crippen LogP contribution in [0.5, 0.6) is 5.75 Å². The first-order valence-corrected chi connectivity index (χ1v) is 16.6. The number of thioether (sulfide) groups is 1. The van der Waals surface area contributed by atoms with Crippen LogP contribution in [0, 0.1) is 0 Å². The summed E-state index contributed by atoms with van der Waals surface area (Å²) in [4.78, 5) is 52.6. The molecule has 4 rings (SSSR count). The molecular formula is C38H39N3O6S. The molecule has 0 aliphatic carbocycles. The van der Waals surface area contributed by atoms with Crippen LogP contribution in [-0.2, 0) is 14.3 Å². The molecule has 0 aromatic heterocycles. The SMILES string of the molecule is CCCCOC(=O)c1ccc(NC(=O)C(CC)Sc2cccc(NC(=O)/C(=C\c3ccc(OC)cc3)NC(=O)c3ccccc3)c2)cc1. The fourth-order valence-corrected chi connectivity index (χ4v) is 5.46. The Morgan fingerprint density at radius 1 is 0.792 bits per heavy atom. The molecule has 10 heteroatoms. The molecule has 0 aliphatic rings. The molecule has 0 heterocycles. The van der Waals surface area contributed by atoms with E-state index in [2.05, 4.69) is 16.0 Å². The molecule has 1 unspecified atom stereocenters. The van der Waals surface area contributed by atoms with Crippen molar-refractivity contribution in [3.05, 3.63) is 126 Å². The Labute approximate surface area is 285 Å². The molecule has 4 aromatic rings. The summed E-state index contributed by atoms with van der Waals surface area (Å²) in [6, 6.07) is 29.5. The zero-order valence-electron chi connectivity index (χ0n) is 27.2. The van der Waals surface area contributed by atoms with E-state index in [1.54, 1.807) is 104 Å². The van der Waals surface area contributed by atoms with E-state index in [-0.39, 0.29) is 11.6 Å². The number of amides is 3. The van der Waals surface area contributed by atoms with Crippen LogP contribution in [0.3, 0.4) is 0 Å². The first kappa shape index (κ1) is 35.5. The Bertz CT molecular complexity index is 1720. The van der Waals surface area contributed by atoms with Crippen LogP contribution in [0.1, 0.15) is 59.4 Å². The highest BCUT2D eigenvalue weighted by Gasteiger charge is 2.20. The highest BCUT2D eigenvalue weighted by Crippen LogP contribution is 2.29. The number of nitrogens with one attached hydrogen (secondary N) is 3. The molecule has 1 atom stereocenters. The third-order valence-electron chi connectivity index (χ3n) is 7.11. The number of anilines is 2. The lowest BCUT2D eigenvalue weighted by molar-refractivity contribution is -0.116. The molecule has 0 radical (unpaired) electrons. The van der Waals surface area contributed by atoms with Gasteiger partial charge in [0.1, 0.15) is 11.4 Å². The molecule has 3 N–H and O–H groups in total. The predicted molar refractivity (Wildman–Crippen MR) is 190 cm³/mol. The summed E-state index contributed by atoms with van der Waals surface area (Å²) in [5, 5.41) is 8.11. The molecule has 0 aliphatic heterocycles. The summed E-state index contributed by atoms with van der Waals surface area (Å²) in [6.07, 6.45) is 3.88. The number of carbonyl (C=O) groups is 4. The van der Waals surface area contributed by atoms with Gasteiger partial charge < -0.3 is 25.4 Å². The molecule has 0 bridgehead atoms. The van der Waals surface area contributed by atoms with Gasteiger partial charge in [0.25, 0.3) is 11.8 Å². The van der Waals surface area contributed by atoms with Gasteiger partial charge in [0.2, 0.25) is 5.91 Å². The van der Waals surface area contributed by atoms with Crippen LogP contribution in [0.4, 0.5) is 11.4 Å². The highest BCUT2D eigenvalue weighted by atomic mass is 32.2. The summed E-state index contributed by atoms with van der Waals surface area (Å²) in [5.74, 6) is -0.855. The Balaban J connectivity index is 1.43. The van der Waals surface area contributed by atoms with Crippen molar-refractivity contribution in [1.29, 1.82) is 0 Å². The Morgan fingerprint density at radius 2 is 1.52 bits per heavy atom. The average molecular weight is 666 g/mol. The lowest BCUT2D eigenvalue weighted by atomic mass is 10.1. The van der Waals surface area contributed by atoms with Gasteiger partial charge in [0.05, 0.1) is 24.5 Å². The van der Waals surface area contributed by atoms with Crippen molar-refractivity contribution in [1.82, 2.24) is 5.32 Å². The first-order chi connectivity index (χ1) is 23.3. The quantitative estimate of drug-likeness (QED) is 0.0518. The van der Waals surface area contributed by atoms with Crippen molar-refractivity contribution in [2.75, 3.05) is 24.4 Å². The van der Waals surface area contributed by atoms with Gasteiger partial charge in [0.15, 0.2) is 0 Å². The Kier molecular flexibility index (Phi) is 13.4. The van der Waals surface area contributed by atoms with Crippen molar-refractivity contribution in [2.24, 2.45) is 0 Å². The number of hydrogen-bond acceptors (Lipinski definition) is 7. The number of methoxy groups -OCH3 is 1. The summed E-state index contributed by atoms with van der Waals surface area (Å²) in [6.45, 7) is 4.32. The maximum atomic E-state index is 13.5. The molecule has 48 heavy (non-hydrogen) atoms. The fraction of sp³-hybridized carbons (Fsp3) is 0.211. The zero-order valence-corrected chi connectivity index (χ0v) is 28.0. The normalized spacial score (nSPS) is 11.6. The minimum atomic E-state index is -0.514. The molecule has 4 aromatic carbocycles. The van der Waals surface area contributed by atoms with Gasteiger partial charge in [0, 0.05) is 21.8 Å². The minimum Gasteiger partial charge on any atom is -0.497 e. The largest absolute Gasteiger partial charge is 0.497 e. The highest BCUT2D eigenvalue weighted by molar-refractivity contribution is 8.00. The van der Waals surface area contributed by atoms with E-state index in [0.717, 1.165) is 17.7 Å². The van der Waals surface area contributed by atoms with E-state index in [0.29, 0.717) is 46.8 Å². The van der Waals surface area contributed by atoms with Gasteiger partial charge in [-0.2, -0.15) is 0 Å². The van der Waals surface area contributed by atoms with E-state index in [1.165, 1.54) is 11.8 Å². The minimum absolute atomic E-state index is 0.0538. The second-order valence-electron chi connectivity index (χ2n) is 10.7. The zero-order chi connectivity index (χ0) is 34.3. The number of hydrogen-bond donors (Lipinski definition) is 3. The molecule has 3 amide bonds. The molecule has 0 saturated heterocycles. The number of esters is 1. The van der Waals surface area contributed by atoms with E-state index < -0.39 is 23.0 Å². The van der Waals surface area contributed by atoms with Gasteiger partial charge >= 0.3 is 5.97 Å². The molecule has 9 nitrogen and oxygen atoms in total. The molecule has 248 valence electrons. The summed E-state index contributed by atoms with van der Waals surface area (Å²) in [7, 11) is 1.57. The molecule has 0 saturated carbocycles. The number of rotatable bonds is 15. The predicted octanol–water partition coefficient (Wildman–Crippen LogP) is 7.57. The topological polar surface area (TPSA) is 123 Å². The Morgan fingerprint density at radius 3 is 2.19 bits per heavy atom. The summed E-state index contributed by atoms with van der Waals surface area (Å²) in [5.41, 5.74) is 2.64. The van der Waals surface area contributed by atoms with E-state index >= 15 is 0 Å². The van der Waals surface area contributed by atoms with Crippen LogP contribution < -0.4 is 20.7 Å². The van der Waals surface area contributed by atoms with Crippen LogP contribution >= 0.6 is 11.8 Å². The van der Waals surface area contributed by atoms with Gasteiger partial charge in [-0.3, -0.25) is 14.4 Å². The standard InChI is InChI=1S/C38H39N3O6S/c1-4-6-23-47-38(45)28-17-19-29(20-18-28)39-37(44)34(5-2)48-32-14-10-13-30(25-32)40-36(43)33(24-26-15-21-31(46-3)22-16-26)41-35(42)27-11-8-7-9-12-27/h7-22,24-25,34H,4-6,23H2,1-3H3,(H,39,44)(H,40,43)(H,41,42)/b33-24+. The maximum Gasteiger partial charge on any atom is 0.338 e. The van der Waals surface area contributed by atoms with Crippen LogP contribution in [0.15, 0.2) is 114 Å². The van der Waals surface area contributed by atoms with Crippen molar-refractivity contribution >= 4 is 52.9 Å². The molecule has 0 spiro atoms. The third kappa shape index (κ3) is 10.6. The lowest BCUT2D eigenvalue weighted by Gasteiger charge is -2.16. The van der Waals surface area contributed by atoms with Gasteiger partial charge in [-0.15, -0.1) is 11.8 Å². The third-order valence-corrected chi connectivity index (χ3v) is 8.47. The molecular weight excluding hydrogens is 627 g/mol. The fourth-order valence-electron chi connectivity index (χ4n) is 4.45. The molecule has 0 fully saturated rings. The van der Waals surface area contributed by atoms with E-state index in [4.69, 9.17) is 9.47 Å². The summed E-state index contributed by atoms with van der Waals surface area (Å²) >= 11 is 1.37. The lowest BCUT2D eigenvalue weighted by Crippen LogP contribution is -2.30. The van der Waals surface area contributed by atoms with Crippen LogP contribution in [0.2, 0.25) is 0 Å². The van der Waals surface area contributed by atoms with Crippen molar-refractivity contribution < 1.29 is 28.7 Å². The second-order valence-corrected chi connectivity index (χ2v) is 12.0.